The van der Waals surface area contributed by atoms with Crippen LogP contribution in [0.3, 0.4) is 0 Å². The molecule has 0 spiro atoms. The molecule has 0 bridgehead atoms. The van der Waals surface area contributed by atoms with Gasteiger partial charge in [-0.2, -0.15) is 5.10 Å². The summed E-state index contributed by atoms with van der Waals surface area (Å²) in [7, 11) is 0. The van der Waals surface area contributed by atoms with Crippen molar-refractivity contribution in [1.82, 2.24) is 19.7 Å². The third kappa shape index (κ3) is 2.96. The van der Waals surface area contributed by atoms with Crippen LogP contribution in [0.4, 0.5) is 5.82 Å². The summed E-state index contributed by atoms with van der Waals surface area (Å²) in [5.41, 5.74) is 0.701. The van der Waals surface area contributed by atoms with Gasteiger partial charge in [0.1, 0.15) is 17.7 Å². The minimum atomic E-state index is -0.137. The minimum Gasteiger partial charge on any atom is -0.377 e. The first-order chi connectivity index (χ1) is 11.2. The monoisotopic (exact) mass is 313 g/mol. The highest BCUT2D eigenvalue weighted by Crippen LogP contribution is 2.38. The van der Waals surface area contributed by atoms with Crippen LogP contribution in [0.25, 0.3) is 0 Å². The molecule has 0 aromatic carbocycles. The molecule has 1 aliphatic heterocycles. The van der Waals surface area contributed by atoms with E-state index in [0.717, 1.165) is 17.3 Å². The van der Waals surface area contributed by atoms with Gasteiger partial charge in [0.15, 0.2) is 0 Å². The first-order valence-electron chi connectivity index (χ1n) is 7.94. The lowest BCUT2D eigenvalue weighted by atomic mass is 10.1. The molecule has 7 nitrogen and oxygen atoms in total. The van der Waals surface area contributed by atoms with Gasteiger partial charge in [-0.05, 0) is 31.9 Å². The van der Waals surface area contributed by atoms with Gasteiger partial charge in [0.2, 0.25) is 0 Å². The molecule has 0 radical (unpaired) electrons. The molecule has 0 amide bonds. The molecule has 120 valence electrons. The number of ether oxygens (including phenoxy) is 1. The zero-order valence-corrected chi connectivity index (χ0v) is 13.0. The molecule has 2 aliphatic rings. The average molecular weight is 313 g/mol. The minimum absolute atomic E-state index is 0.0380. The Morgan fingerprint density at radius 1 is 1.26 bits per heavy atom. The van der Waals surface area contributed by atoms with Gasteiger partial charge in [-0.25, -0.2) is 14.6 Å². The maximum absolute atomic E-state index is 12.1. The zero-order valence-electron chi connectivity index (χ0n) is 13.0. The molecular formula is C16H19N5O2. The molecule has 2 unspecified atom stereocenters. The Morgan fingerprint density at radius 3 is 2.96 bits per heavy atom. The third-order valence-electron chi connectivity index (χ3n) is 4.27. The first-order valence-corrected chi connectivity index (χ1v) is 7.94. The number of anilines is 1. The second-order valence-electron chi connectivity index (χ2n) is 6.19. The van der Waals surface area contributed by atoms with Crippen molar-refractivity contribution < 1.29 is 4.74 Å². The summed E-state index contributed by atoms with van der Waals surface area (Å²) in [6.07, 6.45) is 4.12. The molecule has 23 heavy (non-hydrogen) atoms. The van der Waals surface area contributed by atoms with Crippen LogP contribution in [0.2, 0.25) is 0 Å². The van der Waals surface area contributed by atoms with Crippen LogP contribution in [0.15, 0.2) is 29.2 Å². The number of rotatable bonds is 4. The second-order valence-corrected chi connectivity index (χ2v) is 6.19. The summed E-state index contributed by atoms with van der Waals surface area (Å²) in [6.45, 7) is 2.87. The van der Waals surface area contributed by atoms with Crippen molar-refractivity contribution >= 4 is 5.82 Å². The van der Waals surface area contributed by atoms with Crippen LogP contribution in [0, 0.1) is 6.92 Å². The van der Waals surface area contributed by atoms with E-state index in [0.29, 0.717) is 19.1 Å². The fourth-order valence-electron chi connectivity index (χ4n) is 2.86. The topological polar surface area (TPSA) is 81.9 Å². The lowest BCUT2D eigenvalue weighted by molar-refractivity contribution is 0.182. The maximum Gasteiger partial charge on any atom is 0.267 e. The number of aromatic nitrogens is 4. The van der Waals surface area contributed by atoms with Gasteiger partial charge in [-0.3, -0.25) is 4.79 Å². The molecule has 1 saturated heterocycles. The van der Waals surface area contributed by atoms with Gasteiger partial charge < -0.3 is 10.1 Å². The smallest absolute Gasteiger partial charge is 0.267 e. The normalized spacial score (nSPS) is 23.9. The maximum atomic E-state index is 12.1. The fraction of sp³-hybridized carbons (Fsp3) is 0.500. The van der Waals surface area contributed by atoms with Gasteiger partial charge in [-0.15, -0.1) is 0 Å². The van der Waals surface area contributed by atoms with Crippen LogP contribution in [0.5, 0.6) is 0 Å². The fourth-order valence-corrected chi connectivity index (χ4v) is 2.86. The largest absolute Gasteiger partial charge is 0.377 e. The van der Waals surface area contributed by atoms with Crippen LogP contribution >= 0.6 is 0 Å². The number of nitrogens with one attached hydrogen (secondary N) is 1. The summed E-state index contributed by atoms with van der Waals surface area (Å²) in [5.74, 6) is 2.19. The van der Waals surface area contributed by atoms with Crippen molar-refractivity contribution in [2.45, 2.75) is 37.8 Å². The van der Waals surface area contributed by atoms with E-state index in [2.05, 4.69) is 20.4 Å². The van der Waals surface area contributed by atoms with E-state index < -0.39 is 0 Å². The van der Waals surface area contributed by atoms with Crippen molar-refractivity contribution in [1.29, 1.82) is 0 Å². The summed E-state index contributed by atoms with van der Waals surface area (Å²) < 4.78 is 7.09. The Bertz CT molecular complexity index is 771. The van der Waals surface area contributed by atoms with Gasteiger partial charge in [0, 0.05) is 18.2 Å². The van der Waals surface area contributed by atoms with E-state index in [4.69, 9.17) is 4.74 Å². The van der Waals surface area contributed by atoms with Crippen molar-refractivity contribution in [3.8, 4) is 0 Å². The molecule has 3 heterocycles. The van der Waals surface area contributed by atoms with Crippen molar-refractivity contribution in [2.24, 2.45) is 0 Å². The van der Waals surface area contributed by atoms with Gasteiger partial charge in [-0.1, -0.05) is 0 Å². The Hall–Kier alpha value is -2.28. The molecule has 4 rings (SSSR count). The molecule has 2 fully saturated rings. The molecule has 1 N–H and O–H groups in total. The lowest BCUT2D eigenvalue weighted by Crippen LogP contribution is -2.37. The molecule has 7 heteroatoms. The van der Waals surface area contributed by atoms with Crippen LogP contribution < -0.4 is 10.9 Å². The highest BCUT2D eigenvalue weighted by atomic mass is 16.5. The quantitative estimate of drug-likeness (QED) is 0.915. The summed E-state index contributed by atoms with van der Waals surface area (Å²) in [5, 5.41) is 7.74. The Balaban J connectivity index is 1.57. The van der Waals surface area contributed by atoms with E-state index >= 15 is 0 Å². The zero-order chi connectivity index (χ0) is 15.8. The Morgan fingerprint density at radius 2 is 2.13 bits per heavy atom. The summed E-state index contributed by atoms with van der Waals surface area (Å²) in [6, 6.07) is 4.95. The highest BCUT2D eigenvalue weighted by molar-refractivity contribution is 5.36. The van der Waals surface area contributed by atoms with Crippen LogP contribution in [-0.4, -0.2) is 39.0 Å². The SMILES string of the molecule is Cc1ccc(=O)n(C2COCC2Nc2ccnc(C3CC3)n2)n1. The third-order valence-corrected chi connectivity index (χ3v) is 4.27. The van der Waals surface area contributed by atoms with Crippen molar-refractivity contribution in [3.05, 3.63) is 46.3 Å². The molecule has 2 aromatic heterocycles. The number of nitrogens with zero attached hydrogens (tertiary/aromatic N) is 4. The van der Waals surface area contributed by atoms with E-state index in [-0.39, 0.29) is 17.6 Å². The Kier molecular flexibility index (Phi) is 3.57. The molecule has 1 aliphatic carbocycles. The number of hydrogen-bond donors (Lipinski definition) is 1. The van der Waals surface area contributed by atoms with Crippen molar-refractivity contribution in [2.75, 3.05) is 18.5 Å². The van der Waals surface area contributed by atoms with Gasteiger partial charge >= 0.3 is 0 Å². The lowest BCUT2D eigenvalue weighted by Gasteiger charge is -2.21. The van der Waals surface area contributed by atoms with Crippen molar-refractivity contribution in [3.63, 3.8) is 0 Å². The summed E-state index contributed by atoms with van der Waals surface area (Å²) in [4.78, 5) is 21.0. The average Bonchev–Trinajstić information content (AvgIpc) is 3.31. The molecule has 2 atom stereocenters. The predicted octanol–water partition coefficient (Wildman–Crippen LogP) is 1.27. The Labute approximate surface area is 133 Å². The van der Waals surface area contributed by atoms with E-state index in [1.807, 2.05) is 13.0 Å². The van der Waals surface area contributed by atoms with E-state index in [1.165, 1.54) is 17.5 Å². The van der Waals surface area contributed by atoms with E-state index in [1.54, 1.807) is 18.3 Å². The molecular weight excluding hydrogens is 294 g/mol. The molecule has 1 saturated carbocycles. The number of aryl methyl sites for hydroxylation is 1. The highest BCUT2D eigenvalue weighted by Gasteiger charge is 2.32. The standard InChI is InChI=1S/C16H19N5O2/c1-10-2-5-15(22)21(20-10)13-9-23-8-12(13)18-14-6-7-17-16(19-14)11-3-4-11/h2,5-7,11-13H,3-4,8-9H2,1H3,(H,17,18,19). The van der Waals surface area contributed by atoms with Gasteiger partial charge in [0.05, 0.1) is 24.9 Å². The van der Waals surface area contributed by atoms with E-state index in [9.17, 15) is 4.79 Å². The summed E-state index contributed by atoms with van der Waals surface area (Å²) >= 11 is 0. The number of hydrogen-bond acceptors (Lipinski definition) is 6. The predicted molar refractivity (Wildman–Crippen MR) is 84.5 cm³/mol. The van der Waals surface area contributed by atoms with Crippen LogP contribution in [-0.2, 0) is 4.74 Å². The first kappa shape index (κ1) is 14.3. The second kappa shape index (κ2) is 5.73. The van der Waals surface area contributed by atoms with Gasteiger partial charge in [0.25, 0.3) is 5.56 Å². The van der Waals surface area contributed by atoms with Crippen LogP contribution in [0.1, 0.15) is 36.3 Å². The molecule has 2 aromatic rings.